The van der Waals surface area contributed by atoms with Crippen molar-refractivity contribution in [1.82, 2.24) is 4.98 Å². The Morgan fingerprint density at radius 1 is 1.50 bits per heavy atom. The Morgan fingerprint density at radius 3 is 2.56 bits per heavy atom. The van der Waals surface area contributed by atoms with Crippen molar-refractivity contribution in [2.45, 2.75) is 25.6 Å². The van der Waals surface area contributed by atoms with Crippen LogP contribution in [0.15, 0.2) is 12.3 Å². The molecule has 6 heteroatoms. The third-order valence-electron chi connectivity index (χ3n) is 2.23. The first-order valence-electron chi connectivity index (χ1n) is 4.76. The highest BCUT2D eigenvalue weighted by molar-refractivity contribution is 5.34. The molecule has 0 aliphatic heterocycles. The minimum absolute atomic E-state index is 0.297. The van der Waals surface area contributed by atoms with Crippen LogP contribution in [0.25, 0.3) is 0 Å². The molecule has 16 heavy (non-hydrogen) atoms. The van der Waals surface area contributed by atoms with Crippen LogP contribution in [-0.2, 0) is 6.18 Å². The molecular formula is C10H13F3N2O. The lowest BCUT2D eigenvalue weighted by atomic mass is 10.1. The van der Waals surface area contributed by atoms with Crippen molar-refractivity contribution in [3.8, 4) is 5.75 Å². The summed E-state index contributed by atoms with van der Waals surface area (Å²) in [4.78, 5) is 3.36. The zero-order valence-electron chi connectivity index (χ0n) is 9.01. The van der Waals surface area contributed by atoms with E-state index >= 15 is 0 Å². The van der Waals surface area contributed by atoms with Gasteiger partial charge in [0.25, 0.3) is 0 Å². The van der Waals surface area contributed by atoms with Gasteiger partial charge in [-0.05, 0) is 18.1 Å². The van der Waals surface area contributed by atoms with Crippen molar-refractivity contribution in [2.24, 2.45) is 5.73 Å². The molecule has 1 aromatic heterocycles. The van der Waals surface area contributed by atoms with Crippen LogP contribution in [0.4, 0.5) is 13.2 Å². The quantitative estimate of drug-likeness (QED) is 0.874. The van der Waals surface area contributed by atoms with E-state index in [0.717, 1.165) is 6.20 Å². The summed E-state index contributed by atoms with van der Waals surface area (Å²) in [6.07, 6.45) is -2.75. The van der Waals surface area contributed by atoms with Gasteiger partial charge in [0.1, 0.15) is 5.75 Å². The lowest BCUT2D eigenvalue weighted by Crippen LogP contribution is -2.14. The Kier molecular flexibility index (Phi) is 3.74. The van der Waals surface area contributed by atoms with Gasteiger partial charge in [-0.3, -0.25) is 0 Å². The topological polar surface area (TPSA) is 48.1 Å². The molecule has 0 radical (unpaired) electrons. The second-order valence-electron chi connectivity index (χ2n) is 3.33. The van der Waals surface area contributed by atoms with Crippen LogP contribution in [0.1, 0.15) is 30.6 Å². The van der Waals surface area contributed by atoms with Crippen LogP contribution >= 0.6 is 0 Å². The molecule has 1 aromatic rings. The average Bonchev–Trinajstić information content (AvgIpc) is 2.25. The van der Waals surface area contributed by atoms with E-state index in [1.54, 1.807) is 0 Å². The van der Waals surface area contributed by atoms with E-state index in [2.05, 4.69) is 9.72 Å². The zero-order valence-corrected chi connectivity index (χ0v) is 9.01. The van der Waals surface area contributed by atoms with E-state index in [1.807, 2.05) is 6.92 Å². The first-order chi connectivity index (χ1) is 7.40. The molecule has 0 aliphatic carbocycles. The Bertz CT molecular complexity index is 366. The molecule has 3 nitrogen and oxygen atoms in total. The van der Waals surface area contributed by atoms with Crippen LogP contribution in [-0.4, -0.2) is 12.1 Å². The predicted octanol–water partition coefficient (Wildman–Crippen LogP) is 2.52. The van der Waals surface area contributed by atoms with Gasteiger partial charge in [0, 0.05) is 12.2 Å². The third-order valence-corrected chi connectivity index (χ3v) is 2.23. The number of rotatable bonds is 3. The van der Waals surface area contributed by atoms with Crippen molar-refractivity contribution in [2.75, 3.05) is 7.11 Å². The van der Waals surface area contributed by atoms with Crippen LogP contribution in [0.2, 0.25) is 0 Å². The number of hydrogen-bond acceptors (Lipinski definition) is 3. The van der Waals surface area contributed by atoms with Crippen molar-refractivity contribution >= 4 is 0 Å². The number of hydrogen-bond donors (Lipinski definition) is 1. The van der Waals surface area contributed by atoms with E-state index in [9.17, 15) is 13.2 Å². The second-order valence-corrected chi connectivity index (χ2v) is 3.33. The minimum Gasteiger partial charge on any atom is -0.494 e. The molecule has 90 valence electrons. The second kappa shape index (κ2) is 4.69. The molecule has 0 amide bonds. The molecule has 0 bridgehead atoms. The Balaban J connectivity index is 3.17. The maximum absolute atomic E-state index is 12.5. The first-order valence-corrected chi connectivity index (χ1v) is 4.76. The molecule has 0 fully saturated rings. The highest BCUT2D eigenvalue weighted by atomic mass is 19.4. The highest BCUT2D eigenvalue weighted by Gasteiger charge is 2.36. The number of alkyl halides is 3. The molecule has 1 rings (SSSR count). The summed E-state index contributed by atoms with van der Waals surface area (Å²) in [5.74, 6) is -0.297. The fourth-order valence-corrected chi connectivity index (χ4v) is 1.27. The summed E-state index contributed by atoms with van der Waals surface area (Å²) >= 11 is 0. The standard InChI is InChI=1S/C10H13F3N2O/c1-3-7(14)6-4-8(16-2)9(15-5-6)10(11,12)13/h4-5,7H,3,14H2,1-2H3. The van der Waals surface area contributed by atoms with E-state index < -0.39 is 11.9 Å². The normalized spacial score (nSPS) is 13.6. The van der Waals surface area contributed by atoms with Gasteiger partial charge in [0.2, 0.25) is 0 Å². The van der Waals surface area contributed by atoms with E-state index in [1.165, 1.54) is 13.2 Å². The van der Waals surface area contributed by atoms with Crippen LogP contribution in [0.3, 0.4) is 0 Å². The molecule has 0 saturated heterocycles. The zero-order chi connectivity index (χ0) is 12.3. The lowest BCUT2D eigenvalue weighted by Gasteiger charge is -2.14. The number of aromatic nitrogens is 1. The molecule has 1 unspecified atom stereocenters. The van der Waals surface area contributed by atoms with Gasteiger partial charge < -0.3 is 10.5 Å². The van der Waals surface area contributed by atoms with Crippen LogP contribution < -0.4 is 10.5 Å². The Morgan fingerprint density at radius 2 is 2.12 bits per heavy atom. The number of pyridine rings is 1. The molecule has 1 heterocycles. The van der Waals surface area contributed by atoms with Gasteiger partial charge in [0.15, 0.2) is 5.69 Å². The van der Waals surface area contributed by atoms with Crippen LogP contribution in [0, 0.1) is 0 Å². The van der Waals surface area contributed by atoms with Gasteiger partial charge >= 0.3 is 6.18 Å². The van der Waals surface area contributed by atoms with Crippen molar-refractivity contribution in [3.63, 3.8) is 0 Å². The molecule has 2 N–H and O–H groups in total. The molecule has 0 aliphatic rings. The molecular weight excluding hydrogens is 221 g/mol. The molecule has 1 atom stereocenters. The minimum atomic E-state index is -4.51. The first kappa shape index (κ1) is 12.8. The summed E-state index contributed by atoms with van der Waals surface area (Å²) in [5.41, 5.74) is 5.21. The van der Waals surface area contributed by atoms with E-state index in [0.29, 0.717) is 12.0 Å². The van der Waals surface area contributed by atoms with Gasteiger partial charge in [-0.1, -0.05) is 6.92 Å². The maximum Gasteiger partial charge on any atom is 0.437 e. The Labute approximate surface area is 91.4 Å². The highest BCUT2D eigenvalue weighted by Crippen LogP contribution is 2.35. The van der Waals surface area contributed by atoms with Gasteiger partial charge in [-0.25, -0.2) is 4.98 Å². The summed E-state index contributed by atoms with van der Waals surface area (Å²) in [6, 6.07) is 0.952. The maximum atomic E-state index is 12.5. The summed E-state index contributed by atoms with van der Waals surface area (Å²) in [6.45, 7) is 1.84. The van der Waals surface area contributed by atoms with E-state index in [-0.39, 0.29) is 11.8 Å². The van der Waals surface area contributed by atoms with Crippen molar-refractivity contribution in [1.29, 1.82) is 0 Å². The Hall–Kier alpha value is -1.30. The van der Waals surface area contributed by atoms with Gasteiger partial charge in [-0.15, -0.1) is 0 Å². The third kappa shape index (κ3) is 2.63. The largest absolute Gasteiger partial charge is 0.494 e. The molecule has 0 spiro atoms. The van der Waals surface area contributed by atoms with Crippen LogP contribution in [0.5, 0.6) is 5.75 Å². The molecule has 0 saturated carbocycles. The van der Waals surface area contributed by atoms with Crippen molar-refractivity contribution in [3.05, 3.63) is 23.5 Å². The number of halogens is 3. The average molecular weight is 234 g/mol. The smallest absolute Gasteiger partial charge is 0.437 e. The summed E-state index contributed by atoms with van der Waals surface area (Å²) < 4.78 is 42.1. The summed E-state index contributed by atoms with van der Waals surface area (Å²) in [7, 11) is 1.17. The number of methoxy groups -OCH3 is 1. The molecule has 0 aromatic carbocycles. The number of nitrogens with zero attached hydrogens (tertiary/aromatic N) is 1. The fraction of sp³-hybridized carbons (Fsp3) is 0.500. The SMILES string of the molecule is CCC(N)c1cnc(C(F)(F)F)c(OC)c1. The number of nitrogens with two attached hydrogens (primary N) is 1. The van der Waals surface area contributed by atoms with Gasteiger partial charge in [-0.2, -0.15) is 13.2 Å². The van der Waals surface area contributed by atoms with E-state index in [4.69, 9.17) is 5.73 Å². The lowest BCUT2D eigenvalue weighted by molar-refractivity contribution is -0.142. The number of ether oxygens (including phenoxy) is 1. The predicted molar refractivity (Wildman–Crippen MR) is 53.0 cm³/mol. The fourth-order valence-electron chi connectivity index (χ4n) is 1.27. The van der Waals surface area contributed by atoms with Gasteiger partial charge in [0.05, 0.1) is 7.11 Å². The van der Waals surface area contributed by atoms with Crippen molar-refractivity contribution < 1.29 is 17.9 Å². The monoisotopic (exact) mass is 234 g/mol. The summed E-state index contributed by atoms with van der Waals surface area (Å²) in [5, 5.41) is 0.